The summed E-state index contributed by atoms with van der Waals surface area (Å²) in [6.07, 6.45) is 1.69. The van der Waals surface area contributed by atoms with Gasteiger partial charge in [0.25, 0.3) is 5.69 Å². The van der Waals surface area contributed by atoms with E-state index in [4.69, 9.17) is 11.6 Å². The second-order valence-corrected chi connectivity index (χ2v) is 4.91. The van der Waals surface area contributed by atoms with Crippen LogP contribution in [0.4, 0.5) is 11.5 Å². The molecule has 0 spiro atoms. The average Bonchev–Trinajstić information content (AvgIpc) is 2.45. The van der Waals surface area contributed by atoms with E-state index in [1.54, 1.807) is 12.1 Å². The molecule has 1 N–H and O–H groups in total. The number of aromatic nitrogens is 2. The van der Waals surface area contributed by atoms with Gasteiger partial charge in [0, 0.05) is 31.2 Å². The molecule has 0 aliphatic carbocycles. The van der Waals surface area contributed by atoms with E-state index in [1.807, 2.05) is 13.0 Å². The molecule has 0 radical (unpaired) electrons. The van der Waals surface area contributed by atoms with Crippen molar-refractivity contribution >= 4 is 23.1 Å². The van der Waals surface area contributed by atoms with Crippen LogP contribution >= 0.6 is 11.6 Å². The van der Waals surface area contributed by atoms with Crippen LogP contribution in [0.5, 0.6) is 0 Å². The van der Waals surface area contributed by atoms with Crippen LogP contribution in [0.1, 0.15) is 24.7 Å². The molecular formula is C14H15ClN4O2. The van der Waals surface area contributed by atoms with Crippen molar-refractivity contribution in [2.24, 2.45) is 0 Å². The molecule has 0 atom stereocenters. The van der Waals surface area contributed by atoms with Gasteiger partial charge in [0.05, 0.1) is 4.92 Å². The lowest BCUT2D eigenvalue weighted by molar-refractivity contribution is -0.384. The first-order chi connectivity index (χ1) is 10.1. The molecule has 2 rings (SSSR count). The summed E-state index contributed by atoms with van der Waals surface area (Å²) in [6, 6.07) is 8.10. The topological polar surface area (TPSA) is 81.0 Å². The van der Waals surface area contributed by atoms with Gasteiger partial charge in [-0.15, -0.1) is 0 Å². The van der Waals surface area contributed by atoms with Gasteiger partial charge in [-0.25, -0.2) is 9.97 Å². The summed E-state index contributed by atoms with van der Waals surface area (Å²) in [4.78, 5) is 18.8. The van der Waals surface area contributed by atoms with E-state index in [2.05, 4.69) is 15.3 Å². The van der Waals surface area contributed by atoms with Crippen molar-refractivity contribution in [1.82, 2.24) is 9.97 Å². The second kappa shape index (κ2) is 6.99. The predicted octanol–water partition coefficient (Wildman–Crippen LogP) is 3.60. The molecule has 0 saturated carbocycles. The number of nitro groups is 1. The van der Waals surface area contributed by atoms with E-state index in [0.29, 0.717) is 23.3 Å². The lowest BCUT2D eigenvalue weighted by atomic mass is 10.2. The van der Waals surface area contributed by atoms with Crippen molar-refractivity contribution in [3.8, 4) is 0 Å². The van der Waals surface area contributed by atoms with Crippen molar-refractivity contribution in [2.45, 2.75) is 26.3 Å². The van der Waals surface area contributed by atoms with Gasteiger partial charge >= 0.3 is 0 Å². The van der Waals surface area contributed by atoms with E-state index in [9.17, 15) is 10.1 Å². The molecular weight excluding hydrogens is 292 g/mol. The van der Waals surface area contributed by atoms with Gasteiger partial charge in [0.1, 0.15) is 16.8 Å². The Kier molecular flexibility index (Phi) is 5.05. The first kappa shape index (κ1) is 15.2. The lowest BCUT2D eigenvalue weighted by Gasteiger charge is -2.07. The van der Waals surface area contributed by atoms with Crippen LogP contribution in [0.2, 0.25) is 5.15 Å². The highest BCUT2D eigenvalue weighted by molar-refractivity contribution is 6.29. The summed E-state index contributed by atoms with van der Waals surface area (Å²) in [5, 5.41) is 14.2. The van der Waals surface area contributed by atoms with Gasteiger partial charge in [-0.1, -0.05) is 30.7 Å². The lowest BCUT2D eigenvalue weighted by Crippen LogP contribution is -2.05. The number of nitrogens with zero attached hydrogens (tertiary/aromatic N) is 3. The number of hydrogen-bond donors (Lipinski definition) is 1. The minimum absolute atomic E-state index is 0.0710. The van der Waals surface area contributed by atoms with Crippen molar-refractivity contribution in [3.63, 3.8) is 0 Å². The third kappa shape index (κ3) is 4.39. The van der Waals surface area contributed by atoms with Gasteiger partial charge in [-0.2, -0.15) is 0 Å². The number of rotatable bonds is 6. The second-order valence-electron chi connectivity index (χ2n) is 4.52. The van der Waals surface area contributed by atoms with Gasteiger partial charge in [0.2, 0.25) is 0 Å². The molecule has 0 saturated heterocycles. The molecule has 0 aliphatic rings. The summed E-state index contributed by atoms with van der Waals surface area (Å²) in [5.41, 5.74) is 0.873. The molecule has 2 aromatic rings. The van der Waals surface area contributed by atoms with Gasteiger partial charge in [0.15, 0.2) is 0 Å². The molecule has 0 aliphatic heterocycles. The van der Waals surface area contributed by atoms with E-state index in [0.717, 1.165) is 18.4 Å². The Hall–Kier alpha value is -2.21. The number of non-ortho nitro benzene ring substituents is 1. The predicted molar refractivity (Wildman–Crippen MR) is 81.5 cm³/mol. The maximum atomic E-state index is 10.7. The summed E-state index contributed by atoms with van der Waals surface area (Å²) in [5.74, 6) is 1.30. The van der Waals surface area contributed by atoms with Gasteiger partial charge in [-0.3, -0.25) is 10.1 Å². The molecule has 6 nitrogen and oxygen atoms in total. The van der Waals surface area contributed by atoms with Gasteiger partial charge < -0.3 is 5.32 Å². The van der Waals surface area contributed by atoms with Crippen LogP contribution < -0.4 is 5.32 Å². The number of benzene rings is 1. The molecule has 1 aromatic heterocycles. The first-order valence-corrected chi connectivity index (χ1v) is 6.97. The third-order valence-corrected chi connectivity index (χ3v) is 3.00. The van der Waals surface area contributed by atoms with Crippen LogP contribution in [0.15, 0.2) is 30.3 Å². The van der Waals surface area contributed by atoms with Crippen LogP contribution in [-0.4, -0.2) is 14.9 Å². The van der Waals surface area contributed by atoms with Crippen LogP contribution in [-0.2, 0) is 13.0 Å². The van der Waals surface area contributed by atoms with Crippen LogP contribution in [0.25, 0.3) is 0 Å². The molecule has 21 heavy (non-hydrogen) atoms. The Labute approximate surface area is 127 Å². The zero-order valence-corrected chi connectivity index (χ0v) is 12.3. The Morgan fingerprint density at radius 1 is 1.33 bits per heavy atom. The summed E-state index contributed by atoms with van der Waals surface area (Å²) >= 11 is 5.95. The number of halogens is 1. The summed E-state index contributed by atoms with van der Waals surface area (Å²) in [6.45, 7) is 2.47. The van der Waals surface area contributed by atoms with Crippen LogP contribution in [0, 0.1) is 10.1 Å². The van der Waals surface area contributed by atoms with Crippen molar-refractivity contribution in [1.29, 1.82) is 0 Å². The highest BCUT2D eigenvalue weighted by Gasteiger charge is 2.06. The SMILES string of the molecule is CCCc1nc(Cl)cc(NCc2cccc([N+](=O)[O-])c2)n1. The number of hydrogen-bond acceptors (Lipinski definition) is 5. The van der Waals surface area contributed by atoms with E-state index in [1.165, 1.54) is 12.1 Å². The molecule has 7 heteroatoms. The molecule has 1 heterocycles. The fourth-order valence-electron chi connectivity index (χ4n) is 1.86. The third-order valence-electron chi connectivity index (χ3n) is 2.81. The van der Waals surface area contributed by atoms with E-state index in [-0.39, 0.29) is 5.69 Å². The number of nitrogens with one attached hydrogen (secondary N) is 1. The monoisotopic (exact) mass is 306 g/mol. The van der Waals surface area contributed by atoms with E-state index >= 15 is 0 Å². The average molecular weight is 307 g/mol. The normalized spacial score (nSPS) is 10.4. The maximum absolute atomic E-state index is 10.7. The summed E-state index contributed by atoms with van der Waals surface area (Å²) < 4.78 is 0. The van der Waals surface area contributed by atoms with Crippen molar-refractivity contribution in [2.75, 3.05) is 5.32 Å². The number of anilines is 1. The zero-order chi connectivity index (χ0) is 15.2. The zero-order valence-electron chi connectivity index (χ0n) is 11.5. The highest BCUT2D eigenvalue weighted by Crippen LogP contribution is 2.16. The quantitative estimate of drug-likeness (QED) is 0.501. The van der Waals surface area contributed by atoms with Crippen LogP contribution in [0.3, 0.4) is 0 Å². The molecule has 0 unspecified atom stereocenters. The maximum Gasteiger partial charge on any atom is 0.269 e. The Balaban J connectivity index is 2.09. The smallest absolute Gasteiger partial charge is 0.269 e. The first-order valence-electron chi connectivity index (χ1n) is 6.59. The largest absolute Gasteiger partial charge is 0.366 e. The Bertz CT molecular complexity index is 649. The Morgan fingerprint density at radius 2 is 2.14 bits per heavy atom. The molecule has 110 valence electrons. The fourth-order valence-corrected chi connectivity index (χ4v) is 2.06. The minimum atomic E-state index is -0.412. The molecule has 0 amide bonds. The number of nitro benzene ring substituents is 1. The molecule has 1 aromatic carbocycles. The molecule has 0 bridgehead atoms. The number of aryl methyl sites for hydroxylation is 1. The van der Waals surface area contributed by atoms with Gasteiger partial charge in [-0.05, 0) is 12.0 Å². The summed E-state index contributed by atoms with van der Waals surface area (Å²) in [7, 11) is 0. The standard InChI is InChI=1S/C14H15ClN4O2/c1-2-4-13-17-12(15)8-14(18-13)16-9-10-5-3-6-11(7-10)19(20)21/h3,5-8H,2,4,9H2,1H3,(H,16,17,18). The van der Waals surface area contributed by atoms with Crippen molar-refractivity contribution in [3.05, 3.63) is 57.0 Å². The fraction of sp³-hybridized carbons (Fsp3) is 0.286. The highest BCUT2D eigenvalue weighted by atomic mass is 35.5. The van der Waals surface area contributed by atoms with Crippen molar-refractivity contribution < 1.29 is 4.92 Å². The molecule has 0 fully saturated rings. The van der Waals surface area contributed by atoms with E-state index < -0.39 is 4.92 Å². The minimum Gasteiger partial charge on any atom is -0.366 e. The Morgan fingerprint density at radius 3 is 2.86 bits per heavy atom.